The molecule has 1 rings (SSSR count). The Balaban J connectivity index is 2.62. The van der Waals surface area contributed by atoms with Gasteiger partial charge in [-0.3, -0.25) is 0 Å². The molecule has 1 aromatic rings. The summed E-state index contributed by atoms with van der Waals surface area (Å²) in [5.41, 5.74) is 6.05. The van der Waals surface area contributed by atoms with Gasteiger partial charge < -0.3 is 20.6 Å². The van der Waals surface area contributed by atoms with Gasteiger partial charge in [0.25, 0.3) is 0 Å². The number of oxime groups is 1. The molecule has 1 heterocycles. The number of rotatable bonds is 7. The first-order valence-electron chi connectivity index (χ1n) is 6.01. The highest BCUT2D eigenvalue weighted by Gasteiger charge is 2.09. The molecular formula is C12H20N4O2. The van der Waals surface area contributed by atoms with Gasteiger partial charge in [-0.05, 0) is 25.2 Å². The molecule has 1 aromatic heterocycles. The number of nitrogens with two attached hydrogens (primary N) is 1. The van der Waals surface area contributed by atoms with Gasteiger partial charge in [-0.15, -0.1) is 0 Å². The highest BCUT2D eigenvalue weighted by molar-refractivity contribution is 5.98. The van der Waals surface area contributed by atoms with E-state index in [1.807, 2.05) is 0 Å². The van der Waals surface area contributed by atoms with Crippen molar-refractivity contribution in [2.24, 2.45) is 10.9 Å². The Morgan fingerprint density at radius 3 is 2.83 bits per heavy atom. The molecule has 6 nitrogen and oxygen atoms in total. The van der Waals surface area contributed by atoms with Crippen LogP contribution in [0.4, 0.5) is 0 Å². The topological polar surface area (TPSA) is 84.0 Å². The van der Waals surface area contributed by atoms with Gasteiger partial charge in [0.15, 0.2) is 5.84 Å². The summed E-state index contributed by atoms with van der Waals surface area (Å²) in [6.07, 6.45) is 1.61. The Morgan fingerprint density at radius 1 is 1.50 bits per heavy atom. The highest BCUT2D eigenvalue weighted by Crippen LogP contribution is 2.13. The van der Waals surface area contributed by atoms with E-state index >= 15 is 0 Å². The lowest BCUT2D eigenvalue weighted by Crippen LogP contribution is -2.28. The number of nitrogens with zero attached hydrogens (tertiary/aromatic N) is 3. The molecule has 0 bridgehead atoms. The van der Waals surface area contributed by atoms with E-state index in [1.165, 1.54) is 0 Å². The largest absolute Gasteiger partial charge is 0.476 e. The van der Waals surface area contributed by atoms with Crippen molar-refractivity contribution < 1.29 is 9.94 Å². The van der Waals surface area contributed by atoms with Crippen molar-refractivity contribution in [3.05, 3.63) is 23.9 Å². The number of ether oxygens (including phenoxy) is 1. The summed E-state index contributed by atoms with van der Waals surface area (Å²) >= 11 is 0. The lowest BCUT2D eigenvalue weighted by molar-refractivity contribution is 0.217. The fourth-order valence-corrected chi connectivity index (χ4v) is 1.57. The Bertz CT molecular complexity index is 391. The molecule has 100 valence electrons. The summed E-state index contributed by atoms with van der Waals surface area (Å²) in [7, 11) is 0. The third-order valence-electron chi connectivity index (χ3n) is 2.70. The van der Waals surface area contributed by atoms with Gasteiger partial charge in [-0.1, -0.05) is 19.0 Å². The van der Waals surface area contributed by atoms with Crippen LogP contribution in [0.5, 0.6) is 5.88 Å². The molecule has 0 aliphatic rings. The van der Waals surface area contributed by atoms with Crippen LogP contribution >= 0.6 is 0 Å². The van der Waals surface area contributed by atoms with Gasteiger partial charge in [0.1, 0.15) is 6.61 Å². The van der Waals surface area contributed by atoms with E-state index in [1.54, 1.807) is 18.3 Å². The first-order chi connectivity index (χ1) is 8.72. The zero-order chi connectivity index (χ0) is 13.4. The normalized spacial score (nSPS) is 11.8. The maximum absolute atomic E-state index is 8.67. The zero-order valence-electron chi connectivity index (χ0n) is 10.8. The summed E-state index contributed by atoms with van der Waals surface area (Å²) in [6.45, 7) is 7.51. The van der Waals surface area contributed by atoms with E-state index in [4.69, 9.17) is 15.7 Å². The van der Waals surface area contributed by atoms with Gasteiger partial charge in [0, 0.05) is 12.7 Å². The van der Waals surface area contributed by atoms with Crippen LogP contribution in [-0.4, -0.2) is 47.2 Å². The molecule has 0 saturated heterocycles. The first kappa shape index (κ1) is 14.2. The van der Waals surface area contributed by atoms with Crippen molar-refractivity contribution in [2.75, 3.05) is 26.2 Å². The second-order valence-corrected chi connectivity index (χ2v) is 3.72. The smallest absolute Gasteiger partial charge is 0.224 e. The van der Waals surface area contributed by atoms with Gasteiger partial charge in [-0.2, -0.15) is 0 Å². The van der Waals surface area contributed by atoms with E-state index in [0.29, 0.717) is 18.1 Å². The quantitative estimate of drug-likeness (QED) is 0.326. The van der Waals surface area contributed by atoms with E-state index in [-0.39, 0.29) is 5.84 Å². The fraction of sp³-hybridized carbons (Fsp3) is 0.500. The van der Waals surface area contributed by atoms with Crippen molar-refractivity contribution in [1.82, 2.24) is 9.88 Å². The Morgan fingerprint density at radius 2 is 2.22 bits per heavy atom. The van der Waals surface area contributed by atoms with Crippen LogP contribution in [0.2, 0.25) is 0 Å². The number of hydrogen-bond donors (Lipinski definition) is 2. The van der Waals surface area contributed by atoms with E-state index < -0.39 is 0 Å². The van der Waals surface area contributed by atoms with Crippen LogP contribution in [0.15, 0.2) is 23.5 Å². The molecule has 0 spiro atoms. The molecule has 0 radical (unpaired) electrons. The third kappa shape index (κ3) is 3.89. The maximum atomic E-state index is 8.67. The van der Waals surface area contributed by atoms with Crippen LogP contribution in [0.25, 0.3) is 0 Å². The Kier molecular flexibility index (Phi) is 5.93. The monoisotopic (exact) mass is 252 g/mol. The van der Waals surface area contributed by atoms with E-state index in [2.05, 4.69) is 28.9 Å². The zero-order valence-corrected chi connectivity index (χ0v) is 10.8. The maximum Gasteiger partial charge on any atom is 0.224 e. The summed E-state index contributed by atoms with van der Waals surface area (Å²) in [6, 6.07) is 3.42. The molecule has 0 aliphatic carbocycles. The summed E-state index contributed by atoms with van der Waals surface area (Å²) in [4.78, 5) is 6.33. The predicted octanol–water partition coefficient (Wildman–Crippen LogP) is 0.897. The van der Waals surface area contributed by atoms with E-state index in [9.17, 15) is 0 Å². The minimum atomic E-state index is 0.000870. The molecule has 0 saturated carbocycles. The highest BCUT2D eigenvalue weighted by atomic mass is 16.5. The second kappa shape index (κ2) is 7.50. The lowest BCUT2D eigenvalue weighted by Gasteiger charge is -2.18. The molecular weight excluding hydrogens is 232 g/mol. The van der Waals surface area contributed by atoms with Gasteiger partial charge >= 0.3 is 0 Å². The molecule has 6 heteroatoms. The number of pyridine rings is 1. The minimum Gasteiger partial charge on any atom is -0.476 e. The van der Waals surface area contributed by atoms with Crippen molar-refractivity contribution in [3.63, 3.8) is 0 Å². The van der Waals surface area contributed by atoms with Crippen LogP contribution in [0, 0.1) is 0 Å². The first-order valence-corrected chi connectivity index (χ1v) is 6.01. The molecule has 0 atom stereocenters. The fourth-order valence-electron chi connectivity index (χ4n) is 1.57. The SMILES string of the molecule is CCN(CC)CCOc1ncccc1/C(N)=N/O. The summed E-state index contributed by atoms with van der Waals surface area (Å²) < 4.78 is 5.57. The van der Waals surface area contributed by atoms with Crippen molar-refractivity contribution in [3.8, 4) is 5.88 Å². The molecule has 0 aliphatic heterocycles. The average molecular weight is 252 g/mol. The summed E-state index contributed by atoms with van der Waals surface area (Å²) in [5, 5.41) is 11.6. The van der Waals surface area contributed by atoms with Crippen LogP contribution < -0.4 is 10.5 Å². The average Bonchev–Trinajstić information content (AvgIpc) is 2.43. The minimum absolute atomic E-state index is 0.000870. The van der Waals surface area contributed by atoms with Crippen LogP contribution in [-0.2, 0) is 0 Å². The standard InChI is InChI=1S/C12H20N4O2/c1-3-16(4-2)8-9-18-12-10(11(13)15-17)6-5-7-14-12/h5-7,17H,3-4,8-9H2,1-2H3,(H2,13,15). The van der Waals surface area contributed by atoms with E-state index in [0.717, 1.165) is 19.6 Å². The number of hydrogen-bond acceptors (Lipinski definition) is 5. The van der Waals surface area contributed by atoms with Crippen LogP contribution in [0.3, 0.4) is 0 Å². The Hall–Kier alpha value is -1.82. The number of aromatic nitrogens is 1. The number of likely N-dealkylation sites (N-methyl/N-ethyl adjacent to an activating group) is 1. The molecule has 0 amide bonds. The second-order valence-electron chi connectivity index (χ2n) is 3.72. The van der Waals surface area contributed by atoms with Crippen molar-refractivity contribution in [1.29, 1.82) is 0 Å². The van der Waals surface area contributed by atoms with Gasteiger partial charge in [0.05, 0.1) is 5.56 Å². The summed E-state index contributed by atoms with van der Waals surface area (Å²) in [5.74, 6) is 0.390. The molecule has 0 fully saturated rings. The van der Waals surface area contributed by atoms with Gasteiger partial charge in [0.2, 0.25) is 5.88 Å². The number of amidine groups is 1. The molecule has 3 N–H and O–H groups in total. The molecule has 18 heavy (non-hydrogen) atoms. The predicted molar refractivity (Wildman–Crippen MR) is 70.0 cm³/mol. The van der Waals surface area contributed by atoms with Crippen molar-refractivity contribution >= 4 is 5.84 Å². The third-order valence-corrected chi connectivity index (χ3v) is 2.70. The molecule has 0 unspecified atom stereocenters. The Labute approximate surface area is 107 Å². The van der Waals surface area contributed by atoms with Gasteiger partial charge in [-0.25, -0.2) is 4.98 Å². The van der Waals surface area contributed by atoms with Crippen LogP contribution in [0.1, 0.15) is 19.4 Å². The van der Waals surface area contributed by atoms with Crippen molar-refractivity contribution in [2.45, 2.75) is 13.8 Å². The lowest BCUT2D eigenvalue weighted by atomic mass is 10.2. The molecule has 0 aromatic carbocycles.